The van der Waals surface area contributed by atoms with Crippen molar-refractivity contribution in [3.8, 4) is 22.6 Å². The molecule has 11 heteroatoms. The van der Waals surface area contributed by atoms with Crippen LogP contribution in [-0.4, -0.2) is 31.6 Å². The fourth-order valence-electron chi connectivity index (χ4n) is 5.05. The zero-order chi connectivity index (χ0) is 32.1. The fourth-order valence-corrected chi connectivity index (χ4v) is 6.03. The number of oxazole rings is 1. The Morgan fingerprint density at radius 1 is 0.848 bits per heavy atom. The number of halogens is 3. The van der Waals surface area contributed by atoms with Crippen molar-refractivity contribution in [2.75, 3.05) is 11.1 Å². The maximum absolute atomic E-state index is 12.1. The Hall–Kier alpha value is -3.34. The van der Waals surface area contributed by atoms with Crippen molar-refractivity contribution in [1.82, 2.24) is 4.98 Å². The van der Waals surface area contributed by atoms with Crippen LogP contribution in [0.4, 0.5) is 5.69 Å². The maximum atomic E-state index is 12.1. The van der Waals surface area contributed by atoms with Crippen molar-refractivity contribution in [1.29, 1.82) is 0 Å². The Labute approximate surface area is 285 Å². The van der Waals surface area contributed by atoms with E-state index in [2.05, 4.69) is 5.32 Å². The average Bonchev–Trinajstić information content (AvgIpc) is 3.52. The van der Waals surface area contributed by atoms with E-state index < -0.39 is 16.0 Å². The molecular formula is C35H29Cl3N2O5S. The van der Waals surface area contributed by atoms with Gasteiger partial charge in [0.1, 0.15) is 5.69 Å². The molecule has 1 aromatic heterocycles. The van der Waals surface area contributed by atoms with Gasteiger partial charge in [-0.3, -0.25) is 4.79 Å². The molecule has 1 fully saturated rings. The number of anilines is 1. The van der Waals surface area contributed by atoms with Crippen LogP contribution in [0, 0.1) is 0 Å². The van der Waals surface area contributed by atoms with Gasteiger partial charge in [-0.05, 0) is 23.3 Å². The lowest BCUT2D eigenvalue weighted by Gasteiger charge is -2.36. The molecule has 0 unspecified atom stereocenters. The number of aliphatic hydroxyl groups excluding tert-OH is 1. The van der Waals surface area contributed by atoms with Gasteiger partial charge in [0, 0.05) is 34.6 Å². The Kier molecular flexibility index (Phi) is 10.4. The molecular weight excluding hydrogens is 667 g/mol. The Morgan fingerprint density at radius 3 is 2.11 bits per heavy atom. The minimum atomic E-state index is -2.08. The summed E-state index contributed by atoms with van der Waals surface area (Å²) in [6.07, 6.45) is -0.589. The highest BCUT2D eigenvalue weighted by Gasteiger charge is 2.33. The van der Waals surface area contributed by atoms with Gasteiger partial charge < -0.3 is 24.3 Å². The van der Waals surface area contributed by atoms with Crippen LogP contribution >= 0.6 is 46.6 Å². The second-order valence-electron chi connectivity index (χ2n) is 10.6. The highest BCUT2D eigenvalue weighted by atomic mass is 35.6. The third-order valence-electron chi connectivity index (χ3n) is 7.40. The summed E-state index contributed by atoms with van der Waals surface area (Å²) in [6.45, 7) is -0.0376. The quantitative estimate of drug-likeness (QED) is 0.117. The molecule has 5 aromatic rings. The number of nitrogens with zero attached hydrogens (tertiary/aromatic N) is 1. The second-order valence-corrected chi connectivity index (χ2v) is 13.9. The molecule has 4 aromatic carbocycles. The number of ether oxygens (including phenoxy) is 2. The van der Waals surface area contributed by atoms with Crippen LogP contribution in [0.1, 0.15) is 35.5 Å². The highest BCUT2D eigenvalue weighted by Crippen LogP contribution is 2.41. The summed E-state index contributed by atoms with van der Waals surface area (Å²) in [5.74, 6) is 0.519. The molecule has 2 N–H and O–H groups in total. The van der Waals surface area contributed by atoms with Gasteiger partial charge in [-0.15, -0.1) is 0 Å². The van der Waals surface area contributed by atoms with Crippen LogP contribution < -0.4 is 5.32 Å². The SMILES string of the molecule is O=C(Nc1ccc([C@@H]2O[C@H](CSc3nc(-c4ccccc4)c(-c4ccccc4)o3)C[C@H](c3ccc(CO)cc3)O2)cc1)C(Cl)(Cl)Cl. The van der Waals surface area contributed by atoms with Gasteiger partial charge in [0.05, 0.1) is 18.8 Å². The molecule has 1 amide bonds. The lowest BCUT2D eigenvalue weighted by Crippen LogP contribution is -2.31. The molecule has 2 heterocycles. The van der Waals surface area contributed by atoms with Gasteiger partial charge in [-0.25, -0.2) is 4.98 Å². The van der Waals surface area contributed by atoms with Gasteiger partial charge in [0.15, 0.2) is 12.1 Å². The van der Waals surface area contributed by atoms with E-state index in [9.17, 15) is 9.90 Å². The summed E-state index contributed by atoms with van der Waals surface area (Å²) in [5.41, 5.74) is 5.71. The van der Waals surface area contributed by atoms with Crippen LogP contribution in [-0.2, 0) is 20.9 Å². The van der Waals surface area contributed by atoms with Crippen LogP contribution in [0.3, 0.4) is 0 Å². The number of hydrogen-bond acceptors (Lipinski definition) is 7. The Bertz CT molecular complexity index is 1690. The minimum Gasteiger partial charge on any atom is -0.431 e. The minimum absolute atomic E-state index is 0.0376. The van der Waals surface area contributed by atoms with Gasteiger partial charge in [0.25, 0.3) is 14.9 Å². The summed E-state index contributed by atoms with van der Waals surface area (Å²) in [4.78, 5) is 17.0. The molecule has 0 saturated carbocycles. The summed E-state index contributed by atoms with van der Waals surface area (Å²) < 4.78 is 17.2. The lowest BCUT2D eigenvalue weighted by molar-refractivity contribution is -0.245. The number of rotatable bonds is 9. The van der Waals surface area contributed by atoms with Crippen molar-refractivity contribution in [3.63, 3.8) is 0 Å². The average molecular weight is 696 g/mol. The van der Waals surface area contributed by atoms with E-state index in [0.29, 0.717) is 28.8 Å². The normalized spacial score (nSPS) is 18.3. The first-order valence-electron chi connectivity index (χ1n) is 14.5. The van der Waals surface area contributed by atoms with Crippen molar-refractivity contribution in [2.45, 2.75) is 40.5 Å². The monoisotopic (exact) mass is 694 g/mol. The molecule has 6 rings (SSSR count). The highest BCUT2D eigenvalue weighted by molar-refractivity contribution is 7.99. The first kappa shape index (κ1) is 32.6. The van der Waals surface area contributed by atoms with E-state index in [1.165, 1.54) is 11.8 Å². The number of hydrogen-bond donors (Lipinski definition) is 2. The Morgan fingerprint density at radius 2 is 1.48 bits per heavy atom. The largest absolute Gasteiger partial charge is 0.431 e. The zero-order valence-corrected chi connectivity index (χ0v) is 27.4. The zero-order valence-electron chi connectivity index (χ0n) is 24.3. The van der Waals surface area contributed by atoms with Gasteiger partial charge in [-0.1, -0.05) is 144 Å². The first-order chi connectivity index (χ1) is 22.3. The predicted molar refractivity (Wildman–Crippen MR) is 182 cm³/mol. The van der Waals surface area contributed by atoms with Crippen molar-refractivity contribution in [2.24, 2.45) is 0 Å². The molecule has 0 spiro atoms. The topological polar surface area (TPSA) is 93.8 Å². The third kappa shape index (κ3) is 7.96. The molecule has 1 saturated heterocycles. The molecule has 3 atom stereocenters. The van der Waals surface area contributed by atoms with Crippen LogP contribution in [0.25, 0.3) is 22.6 Å². The van der Waals surface area contributed by atoms with Crippen molar-refractivity contribution >= 4 is 58.2 Å². The van der Waals surface area contributed by atoms with Crippen molar-refractivity contribution < 1.29 is 23.8 Å². The second kappa shape index (κ2) is 14.6. The summed E-state index contributed by atoms with van der Waals surface area (Å²) >= 11 is 18.6. The number of thioether (sulfide) groups is 1. The van der Waals surface area contributed by atoms with Gasteiger partial charge in [0.2, 0.25) is 0 Å². The number of aromatic nitrogens is 1. The molecule has 46 heavy (non-hydrogen) atoms. The van der Waals surface area contributed by atoms with E-state index in [0.717, 1.165) is 33.5 Å². The molecule has 0 bridgehead atoms. The predicted octanol–water partition coefficient (Wildman–Crippen LogP) is 9.15. The summed E-state index contributed by atoms with van der Waals surface area (Å²) in [7, 11) is 0. The van der Waals surface area contributed by atoms with E-state index in [4.69, 9.17) is 53.7 Å². The lowest BCUT2D eigenvalue weighted by atomic mass is 10.0. The molecule has 236 valence electrons. The Balaban J connectivity index is 1.23. The molecule has 7 nitrogen and oxygen atoms in total. The third-order valence-corrected chi connectivity index (χ3v) is 8.87. The van der Waals surface area contributed by atoms with Crippen LogP contribution in [0.2, 0.25) is 0 Å². The van der Waals surface area contributed by atoms with E-state index in [-0.39, 0.29) is 18.8 Å². The molecule has 0 aliphatic carbocycles. The van der Waals surface area contributed by atoms with E-state index in [1.807, 2.05) is 84.9 Å². The maximum Gasteiger partial charge on any atom is 0.276 e. The number of benzene rings is 4. The molecule has 1 aliphatic heterocycles. The first-order valence-corrected chi connectivity index (χ1v) is 16.6. The molecule has 1 aliphatic rings. The number of alkyl halides is 3. The summed E-state index contributed by atoms with van der Waals surface area (Å²) in [6, 6.07) is 34.6. The smallest absolute Gasteiger partial charge is 0.276 e. The number of carbonyl (C=O) groups excluding carboxylic acids is 1. The van der Waals surface area contributed by atoms with E-state index >= 15 is 0 Å². The van der Waals surface area contributed by atoms with E-state index in [1.54, 1.807) is 24.3 Å². The number of nitrogens with one attached hydrogen (secondary N) is 1. The molecule has 0 radical (unpaired) electrons. The van der Waals surface area contributed by atoms with Crippen LogP contribution in [0.15, 0.2) is 119 Å². The number of amides is 1. The van der Waals surface area contributed by atoms with Crippen LogP contribution in [0.5, 0.6) is 0 Å². The standard InChI is InChI=1S/C35H29Cl3N2O5S/c36-35(37,38)33(42)39-27-17-15-26(16-18-27)32-43-28(19-29(44-32)23-13-11-22(20-41)12-14-23)21-46-34-40-30(24-7-3-1-4-8-24)31(45-34)25-9-5-2-6-10-25/h1-18,28-29,32,41H,19-21H2,(H,39,42)/t28-,29+,32+/m0/s1. The number of carbonyl (C=O) groups is 1. The van der Waals surface area contributed by atoms with Crippen molar-refractivity contribution in [3.05, 3.63) is 126 Å². The summed E-state index contributed by atoms with van der Waals surface area (Å²) in [5, 5.41) is 12.6. The number of aliphatic hydroxyl groups is 1. The fraction of sp³-hybridized carbons (Fsp3) is 0.200. The van der Waals surface area contributed by atoms with Gasteiger partial charge in [-0.2, -0.15) is 0 Å². The van der Waals surface area contributed by atoms with Gasteiger partial charge >= 0.3 is 0 Å².